The zero-order valence-corrected chi connectivity index (χ0v) is 13.4. The second-order valence-corrected chi connectivity index (χ2v) is 24.8. The summed E-state index contributed by atoms with van der Waals surface area (Å²) in [5.74, 6) is 0.988. The number of rotatable bonds is 4. The Hall–Kier alpha value is 0.540. The van der Waals surface area contributed by atoms with E-state index in [4.69, 9.17) is 4.74 Å². The molecule has 0 amide bonds. The SMILES string of the molecule is CCOc1ccc([Te](C)(I)CC)cc1. The van der Waals surface area contributed by atoms with E-state index in [0.717, 1.165) is 12.4 Å². The van der Waals surface area contributed by atoms with Crippen molar-refractivity contribution in [3.8, 4) is 5.75 Å². The van der Waals surface area contributed by atoms with Gasteiger partial charge in [0.1, 0.15) is 0 Å². The average molecular weight is 420 g/mol. The molecule has 0 aromatic heterocycles. The van der Waals surface area contributed by atoms with Crippen LogP contribution in [-0.2, 0) is 0 Å². The summed E-state index contributed by atoms with van der Waals surface area (Å²) < 4.78 is 8.31. The van der Waals surface area contributed by atoms with E-state index in [0.29, 0.717) is 0 Å². The summed E-state index contributed by atoms with van der Waals surface area (Å²) in [6, 6.07) is 8.67. The van der Waals surface area contributed by atoms with E-state index in [1.807, 2.05) is 6.92 Å². The molecule has 0 radical (unpaired) electrons. The number of benzene rings is 1. The van der Waals surface area contributed by atoms with Crippen LogP contribution in [0.2, 0.25) is 9.44 Å². The normalized spacial score (nSPS) is 17.1. The summed E-state index contributed by atoms with van der Waals surface area (Å²) in [6.07, 6.45) is 0. The fourth-order valence-electron chi connectivity index (χ4n) is 1.15. The Balaban J connectivity index is 2.82. The van der Waals surface area contributed by atoms with Crippen molar-refractivity contribution in [2.45, 2.75) is 23.3 Å². The molecule has 0 spiro atoms. The van der Waals surface area contributed by atoms with Crippen LogP contribution in [0.3, 0.4) is 0 Å². The molecule has 0 aliphatic heterocycles. The topological polar surface area (TPSA) is 9.23 Å². The van der Waals surface area contributed by atoms with Gasteiger partial charge in [-0.25, -0.2) is 0 Å². The summed E-state index contributed by atoms with van der Waals surface area (Å²) in [6.45, 7) is 5.06. The number of halogens is 1. The molecule has 0 aliphatic carbocycles. The predicted octanol–water partition coefficient (Wildman–Crippen LogP) is 3.32. The summed E-state index contributed by atoms with van der Waals surface area (Å²) in [5.41, 5.74) is 0. The van der Waals surface area contributed by atoms with Crippen molar-refractivity contribution in [2.75, 3.05) is 6.61 Å². The van der Waals surface area contributed by atoms with Gasteiger partial charge in [0.25, 0.3) is 0 Å². The summed E-state index contributed by atoms with van der Waals surface area (Å²) in [4.78, 5) is 2.44. The molecule has 1 rings (SSSR count). The van der Waals surface area contributed by atoms with Gasteiger partial charge >= 0.3 is 101 Å². The number of hydrogen-bond donors (Lipinski definition) is 0. The molecule has 0 aliphatic rings. The van der Waals surface area contributed by atoms with Gasteiger partial charge in [-0.3, -0.25) is 0 Å². The van der Waals surface area contributed by atoms with Gasteiger partial charge in [0.15, 0.2) is 0 Å². The number of hydrogen-bond acceptors (Lipinski definition) is 1. The van der Waals surface area contributed by atoms with Crippen molar-refractivity contribution < 1.29 is 4.74 Å². The van der Waals surface area contributed by atoms with E-state index in [9.17, 15) is 0 Å². The molecule has 1 unspecified atom stereocenters. The molecule has 1 atom stereocenters. The first-order valence-corrected chi connectivity index (χ1v) is 16.7. The third kappa shape index (κ3) is 3.29. The number of ether oxygens (including phenoxy) is 1. The van der Waals surface area contributed by atoms with Crippen molar-refractivity contribution in [2.24, 2.45) is 0 Å². The van der Waals surface area contributed by atoms with Gasteiger partial charge in [0.05, 0.1) is 0 Å². The van der Waals surface area contributed by atoms with Gasteiger partial charge in [-0.05, 0) is 0 Å². The van der Waals surface area contributed by atoms with Crippen LogP contribution >= 0.6 is 18.7 Å². The van der Waals surface area contributed by atoms with Crippen LogP contribution in [0.25, 0.3) is 0 Å². The molecule has 0 heterocycles. The van der Waals surface area contributed by atoms with Crippen LogP contribution in [0.15, 0.2) is 24.3 Å². The zero-order chi connectivity index (χ0) is 10.6. The van der Waals surface area contributed by atoms with Gasteiger partial charge in [0, 0.05) is 0 Å². The molecule has 14 heavy (non-hydrogen) atoms. The Kier molecular flexibility index (Phi) is 5.02. The van der Waals surface area contributed by atoms with Crippen LogP contribution < -0.4 is 8.35 Å². The van der Waals surface area contributed by atoms with Gasteiger partial charge < -0.3 is 0 Å². The predicted molar refractivity (Wildman–Crippen MR) is 73.4 cm³/mol. The minimum atomic E-state index is -1.71. The Labute approximate surface area is 100 Å². The molecule has 3 heteroatoms. The quantitative estimate of drug-likeness (QED) is 0.537. The van der Waals surface area contributed by atoms with E-state index in [1.165, 1.54) is 4.47 Å². The van der Waals surface area contributed by atoms with Crippen molar-refractivity contribution in [3.63, 3.8) is 0 Å². The molecule has 0 bridgehead atoms. The van der Waals surface area contributed by atoms with E-state index in [2.05, 4.69) is 54.9 Å². The van der Waals surface area contributed by atoms with Crippen LogP contribution in [-0.4, -0.2) is 20.8 Å². The van der Waals surface area contributed by atoms with E-state index in [1.54, 1.807) is 3.61 Å². The van der Waals surface area contributed by atoms with Crippen LogP contribution in [0, 0.1) is 0 Å². The monoisotopic (exact) mass is 422 g/mol. The maximum absolute atomic E-state index is 5.43. The molecule has 0 N–H and O–H groups in total. The van der Waals surface area contributed by atoms with E-state index in [-0.39, 0.29) is 0 Å². The summed E-state index contributed by atoms with van der Waals surface area (Å²) in [5, 5.41) is 0. The van der Waals surface area contributed by atoms with Gasteiger partial charge in [0.2, 0.25) is 0 Å². The molecule has 80 valence electrons. The van der Waals surface area contributed by atoms with Crippen molar-refractivity contribution in [1.82, 2.24) is 0 Å². The molecule has 0 saturated carbocycles. The first-order valence-electron chi connectivity index (χ1n) is 4.78. The summed E-state index contributed by atoms with van der Waals surface area (Å²) in [7, 11) is 0. The van der Waals surface area contributed by atoms with E-state index >= 15 is 0 Å². The molecule has 1 aromatic rings. The fraction of sp³-hybridized carbons (Fsp3) is 0.455. The van der Waals surface area contributed by atoms with Crippen LogP contribution in [0.5, 0.6) is 5.75 Å². The fourth-order valence-corrected chi connectivity index (χ4v) is 6.08. The Morgan fingerprint density at radius 1 is 1.21 bits per heavy atom. The third-order valence-corrected chi connectivity index (χ3v) is 16.4. The Morgan fingerprint density at radius 2 is 1.79 bits per heavy atom. The molecular weight excluding hydrogens is 403 g/mol. The standard InChI is InChI=1S/C11H17IOTe/c1-4-13-10-6-8-11(9-7-10)14(3,12)5-2/h6-9H,4-5H2,1-3H3. The van der Waals surface area contributed by atoms with Gasteiger partial charge in [-0.2, -0.15) is 0 Å². The van der Waals surface area contributed by atoms with Crippen LogP contribution in [0.1, 0.15) is 13.8 Å². The van der Waals surface area contributed by atoms with Gasteiger partial charge in [-0.1, -0.05) is 0 Å². The van der Waals surface area contributed by atoms with Crippen molar-refractivity contribution in [3.05, 3.63) is 24.3 Å². The molecule has 0 fully saturated rings. The van der Waals surface area contributed by atoms with E-state index < -0.39 is 14.2 Å². The Morgan fingerprint density at radius 3 is 2.21 bits per heavy atom. The zero-order valence-electron chi connectivity index (χ0n) is 8.92. The van der Waals surface area contributed by atoms with Crippen LogP contribution in [0.4, 0.5) is 0 Å². The first kappa shape index (κ1) is 12.6. The second-order valence-electron chi connectivity index (χ2n) is 3.17. The molecule has 1 aromatic carbocycles. The third-order valence-electron chi connectivity index (χ3n) is 2.17. The second kappa shape index (κ2) is 5.58. The minimum absolute atomic E-state index is 0.746. The maximum atomic E-state index is 5.43. The summed E-state index contributed by atoms with van der Waals surface area (Å²) >= 11 is 0.979. The first-order chi connectivity index (χ1) is 6.60. The van der Waals surface area contributed by atoms with Gasteiger partial charge in [-0.15, -0.1) is 0 Å². The van der Waals surface area contributed by atoms with Crippen molar-refractivity contribution in [1.29, 1.82) is 0 Å². The van der Waals surface area contributed by atoms with Crippen molar-refractivity contribution >= 4 is 36.5 Å². The molecular formula is C11H17IOTe. The average Bonchev–Trinajstić information content (AvgIpc) is 2.19. The molecule has 0 saturated heterocycles. The Bertz CT molecular complexity index is 282. The molecule has 1 nitrogen and oxygen atoms in total.